The zero-order valence-electron chi connectivity index (χ0n) is 12.8. The standard InChI is InChI=1S/C17H10Cl2N2O4/c1-9(22)20-14-6-5-12(21(24)25)8-13(14)15(17(20)23)16(19)10-3-2-4-11(18)7-10/h2-8H,1H3/b16-15+. The molecule has 0 N–H and O–H groups in total. The molecule has 0 radical (unpaired) electrons. The average molecular weight is 377 g/mol. The van der Waals surface area contributed by atoms with Crippen molar-refractivity contribution in [3.05, 3.63) is 68.7 Å². The lowest BCUT2D eigenvalue weighted by atomic mass is 10.0. The van der Waals surface area contributed by atoms with Gasteiger partial charge in [0.15, 0.2) is 0 Å². The third kappa shape index (κ3) is 2.90. The maximum absolute atomic E-state index is 12.7. The van der Waals surface area contributed by atoms with Crippen molar-refractivity contribution in [3.8, 4) is 0 Å². The van der Waals surface area contributed by atoms with E-state index in [4.69, 9.17) is 23.2 Å². The molecule has 0 atom stereocenters. The van der Waals surface area contributed by atoms with Crippen LogP contribution in [0.15, 0.2) is 42.5 Å². The molecule has 1 aliphatic heterocycles. The summed E-state index contributed by atoms with van der Waals surface area (Å²) in [6.45, 7) is 1.24. The fourth-order valence-electron chi connectivity index (χ4n) is 2.66. The number of nitro groups is 1. The molecular formula is C17H10Cl2N2O4. The molecule has 126 valence electrons. The molecule has 2 aromatic rings. The van der Waals surface area contributed by atoms with Crippen LogP contribution in [0, 0.1) is 10.1 Å². The summed E-state index contributed by atoms with van der Waals surface area (Å²) in [5, 5.41) is 11.6. The normalized spacial score (nSPS) is 15.2. The Morgan fingerprint density at radius 2 is 1.92 bits per heavy atom. The van der Waals surface area contributed by atoms with Crippen molar-refractivity contribution in [2.24, 2.45) is 0 Å². The molecule has 8 heteroatoms. The minimum atomic E-state index is -0.632. The lowest BCUT2D eigenvalue weighted by Gasteiger charge is -2.11. The van der Waals surface area contributed by atoms with E-state index in [0.717, 1.165) is 4.90 Å². The van der Waals surface area contributed by atoms with E-state index >= 15 is 0 Å². The smallest absolute Gasteiger partial charge is 0.270 e. The first-order valence-electron chi connectivity index (χ1n) is 7.11. The summed E-state index contributed by atoms with van der Waals surface area (Å²) in [6, 6.07) is 10.4. The van der Waals surface area contributed by atoms with Gasteiger partial charge in [-0.1, -0.05) is 35.3 Å². The predicted octanol–water partition coefficient (Wildman–Crippen LogP) is 4.25. The zero-order valence-corrected chi connectivity index (χ0v) is 14.3. The number of carbonyl (C=O) groups excluding carboxylic acids is 2. The Kier molecular flexibility index (Phi) is 4.32. The van der Waals surface area contributed by atoms with Crippen molar-refractivity contribution in [1.29, 1.82) is 0 Å². The van der Waals surface area contributed by atoms with Gasteiger partial charge >= 0.3 is 0 Å². The number of hydrogen-bond acceptors (Lipinski definition) is 4. The lowest BCUT2D eigenvalue weighted by Crippen LogP contribution is -2.31. The van der Waals surface area contributed by atoms with Crippen LogP contribution in [-0.2, 0) is 9.59 Å². The molecular weight excluding hydrogens is 367 g/mol. The first-order valence-corrected chi connectivity index (χ1v) is 7.86. The number of amides is 2. The summed E-state index contributed by atoms with van der Waals surface area (Å²) in [5.74, 6) is -1.14. The van der Waals surface area contributed by atoms with Gasteiger partial charge in [0.1, 0.15) is 0 Å². The van der Waals surface area contributed by atoms with Crippen molar-refractivity contribution in [2.75, 3.05) is 4.90 Å². The Morgan fingerprint density at radius 1 is 1.20 bits per heavy atom. The highest BCUT2D eigenvalue weighted by molar-refractivity contribution is 6.60. The molecule has 25 heavy (non-hydrogen) atoms. The number of non-ortho nitro benzene ring substituents is 1. The van der Waals surface area contributed by atoms with E-state index in [1.165, 1.54) is 25.1 Å². The van der Waals surface area contributed by atoms with Gasteiger partial charge in [0.2, 0.25) is 5.91 Å². The van der Waals surface area contributed by atoms with Crippen LogP contribution in [0.2, 0.25) is 5.02 Å². The van der Waals surface area contributed by atoms with Crippen molar-refractivity contribution < 1.29 is 14.5 Å². The fourth-order valence-corrected chi connectivity index (χ4v) is 3.15. The second-order valence-corrected chi connectivity index (χ2v) is 6.13. The Bertz CT molecular complexity index is 969. The third-order valence-electron chi connectivity index (χ3n) is 3.73. The molecule has 0 aliphatic carbocycles. The number of benzene rings is 2. The number of fused-ring (bicyclic) bond motifs is 1. The first-order chi connectivity index (χ1) is 11.8. The number of carbonyl (C=O) groups is 2. The number of halogens is 2. The van der Waals surface area contributed by atoms with Crippen LogP contribution in [0.5, 0.6) is 0 Å². The molecule has 1 aliphatic rings. The van der Waals surface area contributed by atoms with Crippen molar-refractivity contribution in [3.63, 3.8) is 0 Å². The van der Waals surface area contributed by atoms with Gasteiger partial charge in [-0.25, -0.2) is 4.90 Å². The van der Waals surface area contributed by atoms with E-state index in [1.54, 1.807) is 24.3 Å². The first kappa shape index (κ1) is 17.1. The zero-order chi connectivity index (χ0) is 18.3. The highest BCUT2D eigenvalue weighted by atomic mass is 35.5. The number of rotatable bonds is 2. The van der Waals surface area contributed by atoms with Crippen LogP contribution >= 0.6 is 23.2 Å². The predicted molar refractivity (Wildman–Crippen MR) is 95.4 cm³/mol. The summed E-state index contributed by atoms with van der Waals surface area (Å²) >= 11 is 12.4. The number of nitrogens with zero attached hydrogens (tertiary/aromatic N) is 2. The SMILES string of the molecule is CC(=O)N1C(=O)/C(=C(/Cl)c2cccc(Cl)c2)c2cc([N+](=O)[O-])ccc21. The van der Waals surface area contributed by atoms with E-state index in [2.05, 4.69) is 0 Å². The molecule has 2 amide bonds. The van der Waals surface area contributed by atoms with Crippen molar-refractivity contribution >= 4 is 57.0 Å². The molecule has 0 spiro atoms. The molecule has 2 aromatic carbocycles. The minimum absolute atomic E-state index is 0.0258. The van der Waals surface area contributed by atoms with Crippen LogP contribution < -0.4 is 4.90 Å². The number of nitro benzene ring substituents is 1. The third-order valence-corrected chi connectivity index (χ3v) is 4.37. The van der Waals surface area contributed by atoms with Gasteiger partial charge in [0.05, 0.1) is 21.2 Å². The van der Waals surface area contributed by atoms with Gasteiger partial charge in [-0.15, -0.1) is 0 Å². The molecule has 0 aromatic heterocycles. The van der Waals surface area contributed by atoms with E-state index in [9.17, 15) is 19.7 Å². The van der Waals surface area contributed by atoms with Crippen molar-refractivity contribution in [1.82, 2.24) is 0 Å². The highest BCUT2D eigenvalue weighted by Crippen LogP contribution is 2.43. The molecule has 0 saturated heterocycles. The van der Waals surface area contributed by atoms with E-state index in [1.807, 2.05) is 0 Å². The fraction of sp³-hybridized carbons (Fsp3) is 0.0588. The largest absolute Gasteiger partial charge is 0.274 e. The molecule has 0 unspecified atom stereocenters. The summed E-state index contributed by atoms with van der Waals surface area (Å²) < 4.78 is 0. The molecule has 0 fully saturated rings. The summed E-state index contributed by atoms with van der Waals surface area (Å²) in [7, 11) is 0. The van der Waals surface area contributed by atoms with Gasteiger partial charge < -0.3 is 0 Å². The number of imide groups is 1. The van der Waals surface area contributed by atoms with E-state index in [-0.39, 0.29) is 27.5 Å². The second-order valence-electron chi connectivity index (χ2n) is 5.32. The van der Waals surface area contributed by atoms with Crippen LogP contribution in [0.4, 0.5) is 11.4 Å². The van der Waals surface area contributed by atoms with Crippen molar-refractivity contribution in [2.45, 2.75) is 6.92 Å². The minimum Gasteiger partial charge on any atom is -0.274 e. The summed E-state index contributed by atoms with van der Waals surface area (Å²) in [6.07, 6.45) is 0. The number of hydrogen-bond donors (Lipinski definition) is 0. The maximum Gasteiger partial charge on any atom is 0.270 e. The summed E-state index contributed by atoms with van der Waals surface area (Å²) in [4.78, 5) is 36.1. The highest BCUT2D eigenvalue weighted by Gasteiger charge is 2.38. The molecule has 0 bridgehead atoms. The van der Waals surface area contributed by atoms with Gasteiger partial charge in [-0.05, 0) is 23.8 Å². The van der Waals surface area contributed by atoms with Crippen LogP contribution in [0.1, 0.15) is 18.1 Å². The Morgan fingerprint density at radius 3 is 2.52 bits per heavy atom. The van der Waals surface area contributed by atoms with Crippen LogP contribution in [-0.4, -0.2) is 16.7 Å². The average Bonchev–Trinajstić information content (AvgIpc) is 2.85. The monoisotopic (exact) mass is 376 g/mol. The molecule has 3 rings (SSSR count). The van der Waals surface area contributed by atoms with Gasteiger partial charge in [0.25, 0.3) is 11.6 Å². The van der Waals surface area contributed by atoms with Gasteiger partial charge in [-0.3, -0.25) is 19.7 Å². The Labute approximate surface area is 152 Å². The van der Waals surface area contributed by atoms with Gasteiger partial charge in [-0.2, -0.15) is 0 Å². The molecule has 1 heterocycles. The summed E-state index contributed by atoms with van der Waals surface area (Å²) in [5.41, 5.74) is 0.792. The lowest BCUT2D eigenvalue weighted by molar-refractivity contribution is -0.384. The van der Waals surface area contributed by atoms with Crippen LogP contribution in [0.25, 0.3) is 10.6 Å². The molecule has 6 nitrogen and oxygen atoms in total. The second kappa shape index (κ2) is 6.31. The molecule has 0 saturated carbocycles. The van der Waals surface area contributed by atoms with E-state index in [0.29, 0.717) is 10.6 Å². The van der Waals surface area contributed by atoms with Gasteiger partial charge in [0, 0.05) is 29.6 Å². The maximum atomic E-state index is 12.7. The number of anilines is 1. The Balaban J connectivity index is 2.29. The quantitative estimate of drug-likeness (QED) is 0.445. The van der Waals surface area contributed by atoms with Crippen LogP contribution in [0.3, 0.4) is 0 Å². The topological polar surface area (TPSA) is 80.5 Å². The Hall–Kier alpha value is -2.70. The van der Waals surface area contributed by atoms with E-state index < -0.39 is 16.7 Å².